The topological polar surface area (TPSA) is 69.2 Å². The molecule has 0 aliphatic rings. The van der Waals surface area contributed by atoms with E-state index >= 15 is 0 Å². The van der Waals surface area contributed by atoms with Crippen LogP contribution in [0, 0.1) is 0 Å². The van der Waals surface area contributed by atoms with Gasteiger partial charge < -0.3 is 14.2 Å². The Labute approximate surface area is 147 Å². The van der Waals surface area contributed by atoms with Crippen LogP contribution in [-0.4, -0.2) is 32.9 Å². The molecule has 0 unspecified atom stereocenters. The maximum atomic E-state index is 11.8. The third-order valence-corrected chi connectivity index (χ3v) is 3.53. The summed E-state index contributed by atoms with van der Waals surface area (Å²) >= 11 is 0. The van der Waals surface area contributed by atoms with E-state index in [-0.39, 0.29) is 12.5 Å². The van der Waals surface area contributed by atoms with Crippen LogP contribution in [-0.2, 0) is 11.2 Å². The summed E-state index contributed by atoms with van der Waals surface area (Å²) in [5, 5.41) is 3.93. The second-order valence-corrected chi connectivity index (χ2v) is 5.16. The Morgan fingerprint density at radius 3 is 2.52 bits per heavy atom. The van der Waals surface area contributed by atoms with Crippen LogP contribution in [0.5, 0.6) is 17.2 Å². The van der Waals surface area contributed by atoms with Crippen LogP contribution in [0.1, 0.15) is 18.1 Å². The maximum absolute atomic E-state index is 11.8. The van der Waals surface area contributed by atoms with Gasteiger partial charge in [-0.1, -0.05) is 25.1 Å². The van der Waals surface area contributed by atoms with E-state index in [9.17, 15) is 4.79 Å². The van der Waals surface area contributed by atoms with E-state index in [2.05, 4.69) is 17.5 Å². The molecule has 132 valence electrons. The number of hydrogen-bond acceptors (Lipinski definition) is 5. The number of hydrogen-bond donors (Lipinski definition) is 1. The standard InChI is InChI=1S/C19H22N2O4/c1-4-14-8-10-16(11-9-14)25-13-18(22)21-20-12-15-6-5-7-17(23-2)19(15)24-3/h5-12H,4,13H2,1-3H3,(H,21,22)/b20-12-. The second-order valence-electron chi connectivity index (χ2n) is 5.16. The number of nitrogens with one attached hydrogen (secondary N) is 1. The smallest absolute Gasteiger partial charge is 0.277 e. The van der Waals surface area contributed by atoms with Crippen molar-refractivity contribution >= 4 is 12.1 Å². The highest BCUT2D eigenvalue weighted by atomic mass is 16.5. The number of hydrazone groups is 1. The number of para-hydroxylation sites is 1. The van der Waals surface area contributed by atoms with E-state index in [1.54, 1.807) is 20.3 Å². The highest BCUT2D eigenvalue weighted by Gasteiger charge is 2.07. The van der Waals surface area contributed by atoms with Gasteiger partial charge in [0, 0.05) is 5.56 Å². The first-order valence-electron chi connectivity index (χ1n) is 7.92. The van der Waals surface area contributed by atoms with Gasteiger partial charge in [-0.15, -0.1) is 0 Å². The highest BCUT2D eigenvalue weighted by molar-refractivity contribution is 5.86. The molecule has 1 N–H and O–H groups in total. The lowest BCUT2D eigenvalue weighted by molar-refractivity contribution is -0.123. The molecule has 0 saturated heterocycles. The molecule has 0 radical (unpaired) electrons. The average molecular weight is 342 g/mol. The Hall–Kier alpha value is -3.02. The van der Waals surface area contributed by atoms with Crippen LogP contribution < -0.4 is 19.6 Å². The monoisotopic (exact) mass is 342 g/mol. The molecule has 0 spiro atoms. The SMILES string of the molecule is CCc1ccc(OCC(=O)N/N=C\c2cccc(OC)c2OC)cc1. The summed E-state index contributed by atoms with van der Waals surface area (Å²) < 4.78 is 15.9. The Morgan fingerprint density at radius 2 is 1.88 bits per heavy atom. The van der Waals surface area contributed by atoms with Crippen LogP contribution in [0.2, 0.25) is 0 Å². The normalized spacial score (nSPS) is 10.5. The second kappa shape index (κ2) is 9.32. The Morgan fingerprint density at radius 1 is 1.12 bits per heavy atom. The van der Waals surface area contributed by atoms with Crippen LogP contribution in [0.4, 0.5) is 0 Å². The Kier molecular flexibility index (Phi) is 6.83. The molecule has 0 bridgehead atoms. The Bertz CT molecular complexity index is 727. The first-order valence-corrected chi connectivity index (χ1v) is 7.92. The van der Waals surface area contributed by atoms with Crippen LogP contribution >= 0.6 is 0 Å². The van der Waals surface area contributed by atoms with Crippen LogP contribution in [0.25, 0.3) is 0 Å². The molecular formula is C19H22N2O4. The molecule has 0 aliphatic carbocycles. The summed E-state index contributed by atoms with van der Waals surface area (Å²) in [6.45, 7) is 1.97. The third-order valence-electron chi connectivity index (χ3n) is 3.53. The average Bonchev–Trinajstić information content (AvgIpc) is 2.66. The molecule has 6 heteroatoms. The van der Waals surface area contributed by atoms with E-state index in [4.69, 9.17) is 14.2 Å². The lowest BCUT2D eigenvalue weighted by Crippen LogP contribution is -2.24. The number of aryl methyl sites for hydroxylation is 1. The number of rotatable bonds is 8. The summed E-state index contributed by atoms with van der Waals surface area (Å²) in [6, 6.07) is 13.0. The van der Waals surface area contributed by atoms with Crippen molar-refractivity contribution in [2.45, 2.75) is 13.3 Å². The molecule has 2 rings (SSSR count). The maximum Gasteiger partial charge on any atom is 0.277 e. The molecule has 0 saturated carbocycles. The molecule has 0 aromatic heterocycles. The molecule has 0 aliphatic heterocycles. The number of nitrogens with zero attached hydrogens (tertiary/aromatic N) is 1. The minimum atomic E-state index is -0.349. The summed E-state index contributed by atoms with van der Waals surface area (Å²) in [5.74, 6) is 1.44. The van der Waals surface area contributed by atoms with Crippen molar-refractivity contribution in [2.75, 3.05) is 20.8 Å². The summed E-state index contributed by atoms with van der Waals surface area (Å²) in [7, 11) is 3.11. The summed E-state index contributed by atoms with van der Waals surface area (Å²) in [6.07, 6.45) is 2.46. The van der Waals surface area contributed by atoms with Gasteiger partial charge in [0.1, 0.15) is 5.75 Å². The predicted octanol–water partition coefficient (Wildman–Crippen LogP) is 2.80. The van der Waals surface area contributed by atoms with Gasteiger partial charge in [0.15, 0.2) is 18.1 Å². The molecule has 2 aromatic carbocycles. The lowest BCUT2D eigenvalue weighted by atomic mass is 10.2. The van der Waals surface area contributed by atoms with Gasteiger partial charge in [0.25, 0.3) is 5.91 Å². The van der Waals surface area contributed by atoms with Crippen molar-refractivity contribution in [2.24, 2.45) is 5.10 Å². The van der Waals surface area contributed by atoms with Crippen LogP contribution in [0.3, 0.4) is 0 Å². The van der Waals surface area contributed by atoms with E-state index in [0.717, 1.165) is 6.42 Å². The molecule has 0 atom stereocenters. The fourth-order valence-corrected chi connectivity index (χ4v) is 2.19. The molecule has 2 aromatic rings. The largest absolute Gasteiger partial charge is 0.493 e. The van der Waals surface area contributed by atoms with Gasteiger partial charge in [-0.05, 0) is 36.2 Å². The zero-order valence-corrected chi connectivity index (χ0v) is 14.6. The fourth-order valence-electron chi connectivity index (χ4n) is 2.19. The van der Waals surface area contributed by atoms with E-state index < -0.39 is 0 Å². The number of amides is 1. The minimum Gasteiger partial charge on any atom is -0.493 e. The quantitative estimate of drug-likeness (QED) is 0.592. The Balaban J connectivity index is 1.88. The van der Waals surface area contributed by atoms with Gasteiger partial charge in [0.05, 0.1) is 20.4 Å². The van der Waals surface area contributed by atoms with Crippen LogP contribution in [0.15, 0.2) is 47.6 Å². The number of carbonyl (C=O) groups excluding carboxylic acids is 1. The fraction of sp³-hybridized carbons (Fsp3) is 0.263. The van der Waals surface area contributed by atoms with E-state index in [1.165, 1.54) is 11.8 Å². The molecule has 6 nitrogen and oxygen atoms in total. The van der Waals surface area contributed by atoms with Crippen molar-refractivity contribution in [3.8, 4) is 17.2 Å². The minimum absolute atomic E-state index is 0.113. The number of methoxy groups -OCH3 is 2. The highest BCUT2D eigenvalue weighted by Crippen LogP contribution is 2.29. The van der Waals surface area contributed by atoms with Crippen molar-refractivity contribution in [1.82, 2.24) is 5.43 Å². The van der Waals surface area contributed by atoms with Crippen molar-refractivity contribution in [3.63, 3.8) is 0 Å². The van der Waals surface area contributed by atoms with E-state index in [1.807, 2.05) is 36.4 Å². The third kappa shape index (κ3) is 5.24. The van der Waals surface area contributed by atoms with Gasteiger partial charge >= 0.3 is 0 Å². The van der Waals surface area contributed by atoms with Crippen molar-refractivity contribution < 1.29 is 19.0 Å². The molecule has 0 fully saturated rings. The van der Waals surface area contributed by atoms with Crippen molar-refractivity contribution in [1.29, 1.82) is 0 Å². The number of carbonyl (C=O) groups is 1. The van der Waals surface area contributed by atoms with Crippen molar-refractivity contribution in [3.05, 3.63) is 53.6 Å². The summed E-state index contributed by atoms with van der Waals surface area (Å²) in [4.78, 5) is 11.8. The lowest BCUT2D eigenvalue weighted by Gasteiger charge is -2.09. The molecule has 0 heterocycles. The number of benzene rings is 2. The number of ether oxygens (including phenoxy) is 3. The molecule has 1 amide bonds. The van der Waals surface area contributed by atoms with E-state index in [0.29, 0.717) is 22.8 Å². The zero-order chi connectivity index (χ0) is 18.1. The molecule has 25 heavy (non-hydrogen) atoms. The first-order chi connectivity index (χ1) is 12.2. The first kappa shape index (κ1) is 18.3. The molecular weight excluding hydrogens is 320 g/mol. The van der Waals surface area contributed by atoms with Gasteiger partial charge in [0.2, 0.25) is 0 Å². The predicted molar refractivity (Wildman–Crippen MR) is 96.6 cm³/mol. The summed E-state index contributed by atoms with van der Waals surface area (Å²) in [5.41, 5.74) is 4.33. The van der Waals surface area contributed by atoms with Gasteiger partial charge in [-0.2, -0.15) is 5.10 Å². The van der Waals surface area contributed by atoms with Gasteiger partial charge in [-0.3, -0.25) is 4.79 Å². The zero-order valence-electron chi connectivity index (χ0n) is 14.6. The van der Waals surface area contributed by atoms with Gasteiger partial charge in [-0.25, -0.2) is 5.43 Å².